The fourth-order valence-electron chi connectivity index (χ4n) is 1.90. The maximum atomic E-state index is 11.6. The Morgan fingerprint density at radius 2 is 1.57 bits per heavy atom. The van der Waals surface area contributed by atoms with Crippen LogP contribution in [0, 0.1) is 5.92 Å². The minimum Gasteiger partial charge on any atom is -0.466 e. The van der Waals surface area contributed by atoms with E-state index in [0.29, 0.717) is 12.5 Å². The molecule has 0 aromatic rings. The van der Waals surface area contributed by atoms with Gasteiger partial charge in [0.1, 0.15) is 0 Å². The van der Waals surface area contributed by atoms with Gasteiger partial charge in [-0.05, 0) is 32.1 Å². The van der Waals surface area contributed by atoms with Crippen molar-refractivity contribution in [1.82, 2.24) is 0 Å². The lowest BCUT2D eigenvalue weighted by molar-refractivity contribution is -0.153. The van der Waals surface area contributed by atoms with Crippen LogP contribution in [0.3, 0.4) is 0 Å². The molecule has 4 nitrogen and oxygen atoms in total. The molecule has 0 saturated carbocycles. The first-order valence-corrected chi connectivity index (χ1v) is 8.30. The van der Waals surface area contributed by atoms with Crippen LogP contribution < -0.4 is 0 Å². The molecular weight excluding hydrogens is 268 g/mol. The average Bonchev–Trinajstić information content (AvgIpc) is 2.42. The van der Waals surface area contributed by atoms with Gasteiger partial charge < -0.3 is 9.47 Å². The fraction of sp³-hybridized carbons (Fsp3) is 0.882. The summed E-state index contributed by atoms with van der Waals surface area (Å²) >= 11 is 0. The highest BCUT2D eigenvalue weighted by Crippen LogP contribution is 2.10. The van der Waals surface area contributed by atoms with Crippen LogP contribution in [0.15, 0.2) is 0 Å². The van der Waals surface area contributed by atoms with E-state index in [2.05, 4.69) is 20.8 Å². The van der Waals surface area contributed by atoms with E-state index in [-0.39, 0.29) is 30.9 Å². The van der Waals surface area contributed by atoms with Gasteiger partial charge in [0.15, 0.2) is 0 Å². The number of rotatable bonds is 12. The molecule has 0 radical (unpaired) electrons. The van der Waals surface area contributed by atoms with Crippen molar-refractivity contribution in [3.8, 4) is 0 Å². The van der Waals surface area contributed by atoms with Crippen molar-refractivity contribution in [2.24, 2.45) is 5.92 Å². The van der Waals surface area contributed by atoms with E-state index in [1.54, 1.807) is 0 Å². The van der Waals surface area contributed by atoms with Crippen LogP contribution in [0.25, 0.3) is 0 Å². The first-order chi connectivity index (χ1) is 9.95. The summed E-state index contributed by atoms with van der Waals surface area (Å²) in [5.41, 5.74) is 0. The molecule has 1 atom stereocenters. The van der Waals surface area contributed by atoms with Crippen LogP contribution in [0.2, 0.25) is 0 Å². The molecule has 124 valence electrons. The Morgan fingerprint density at radius 3 is 2.19 bits per heavy atom. The Morgan fingerprint density at radius 1 is 0.905 bits per heavy atom. The number of carbonyl (C=O) groups is 2. The Balaban J connectivity index is 3.60. The van der Waals surface area contributed by atoms with Crippen LogP contribution in [0.4, 0.5) is 0 Å². The third-order valence-corrected chi connectivity index (χ3v) is 3.28. The molecule has 0 spiro atoms. The third-order valence-electron chi connectivity index (χ3n) is 3.28. The fourth-order valence-corrected chi connectivity index (χ4v) is 1.90. The SMILES string of the molecule is CCCCCCOC(=O)CCC(=O)OC(C)CCC(C)C. The van der Waals surface area contributed by atoms with Gasteiger partial charge in [-0.15, -0.1) is 0 Å². The van der Waals surface area contributed by atoms with E-state index in [9.17, 15) is 9.59 Å². The highest BCUT2D eigenvalue weighted by Gasteiger charge is 2.12. The third kappa shape index (κ3) is 13.7. The zero-order valence-corrected chi connectivity index (χ0v) is 14.2. The molecule has 0 heterocycles. The Hall–Kier alpha value is -1.06. The van der Waals surface area contributed by atoms with Gasteiger partial charge in [-0.1, -0.05) is 40.0 Å². The van der Waals surface area contributed by atoms with Crippen LogP contribution in [-0.4, -0.2) is 24.6 Å². The largest absolute Gasteiger partial charge is 0.466 e. The van der Waals surface area contributed by atoms with Gasteiger partial charge in [-0.25, -0.2) is 0 Å². The summed E-state index contributed by atoms with van der Waals surface area (Å²) in [6.07, 6.45) is 6.36. The maximum Gasteiger partial charge on any atom is 0.306 e. The van der Waals surface area contributed by atoms with Crippen molar-refractivity contribution in [2.75, 3.05) is 6.61 Å². The van der Waals surface area contributed by atoms with Gasteiger partial charge in [0, 0.05) is 0 Å². The number of esters is 2. The molecule has 0 aliphatic carbocycles. The monoisotopic (exact) mass is 300 g/mol. The molecule has 1 unspecified atom stereocenters. The van der Waals surface area contributed by atoms with Gasteiger partial charge in [-0.3, -0.25) is 9.59 Å². The van der Waals surface area contributed by atoms with E-state index in [4.69, 9.17) is 9.47 Å². The van der Waals surface area contributed by atoms with Gasteiger partial charge >= 0.3 is 11.9 Å². The highest BCUT2D eigenvalue weighted by atomic mass is 16.5. The van der Waals surface area contributed by atoms with Crippen molar-refractivity contribution in [1.29, 1.82) is 0 Å². The number of hydrogen-bond acceptors (Lipinski definition) is 4. The molecule has 0 fully saturated rings. The number of hydrogen-bond donors (Lipinski definition) is 0. The van der Waals surface area contributed by atoms with Crippen molar-refractivity contribution >= 4 is 11.9 Å². The molecule has 4 heteroatoms. The standard InChI is InChI=1S/C17H32O4/c1-5-6-7-8-13-20-16(18)11-12-17(19)21-15(4)10-9-14(2)3/h14-15H,5-13H2,1-4H3. The Bertz CT molecular complexity index is 287. The van der Waals surface area contributed by atoms with Crippen LogP contribution in [-0.2, 0) is 19.1 Å². The van der Waals surface area contributed by atoms with E-state index >= 15 is 0 Å². The Labute approximate surface area is 129 Å². The maximum absolute atomic E-state index is 11.6. The van der Waals surface area contributed by atoms with Crippen molar-refractivity contribution in [3.63, 3.8) is 0 Å². The summed E-state index contributed by atoms with van der Waals surface area (Å²) in [4.78, 5) is 23.0. The molecule has 0 saturated heterocycles. The summed E-state index contributed by atoms with van der Waals surface area (Å²) < 4.78 is 10.3. The first kappa shape index (κ1) is 19.9. The highest BCUT2D eigenvalue weighted by molar-refractivity contribution is 5.77. The molecule has 21 heavy (non-hydrogen) atoms. The zero-order valence-electron chi connectivity index (χ0n) is 14.2. The normalized spacial score (nSPS) is 12.2. The predicted molar refractivity (Wildman–Crippen MR) is 84.0 cm³/mol. The lowest BCUT2D eigenvalue weighted by Crippen LogP contribution is -2.17. The topological polar surface area (TPSA) is 52.6 Å². The number of ether oxygens (including phenoxy) is 2. The molecule has 0 N–H and O–H groups in total. The minimum atomic E-state index is -0.311. The van der Waals surface area contributed by atoms with Crippen LogP contribution in [0.5, 0.6) is 0 Å². The minimum absolute atomic E-state index is 0.0787. The molecule has 0 amide bonds. The number of unbranched alkanes of at least 4 members (excludes halogenated alkanes) is 3. The van der Waals surface area contributed by atoms with E-state index in [0.717, 1.165) is 38.5 Å². The summed E-state index contributed by atoms with van der Waals surface area (Å²) in [7, 11) is 0. The van der Waals surface area contributed by atoms with Crippen molar-refractivity contribution in [3.05, 3.63) is 0 Å². The second-order valence-electron chi connectivity index (χ2n) is 6.05. The van der Waals surface area contributed by atoms with Gasteiger partial charge in [0.05, 0.1) is 25.6 Å². The summed E-state index contributed by atoms with van der Waals surface area (Å²) in [6, 6.07) is 0. The van der Waals surface area contributed by atoms with Crippen molar-refractivity contribution < 1.29 is 19.1 Å². The molecule has 0 aliphatic heterocycles. The lowest BCUT2D eigenvalue weighted by atomic mass is 10.1. The summed E-state index contributed by atoms with van der Waals surface area (Å²) in [5, 5.41) is 0. The molecular formula is C17H32O4. The van der Waals surface area contributed by atoms with Crippen LogP contribution in [0.1, 0.15) is 79.1 Å². The van der Waals surface area contributed by atoms with E-state index < -0.39 is 0 Å². The van der Waals surface area contributed by atoms with Crippen molar-refractivity contribution in [2.45, 2.75) is 85.2 Å². The predicted octanol–water partition coefficient (Wildman–Crippen LogP) is 4.26. The summed E-state index contributed by atoms with van der Waals surface area (Å²) in [5.74, 6) is -0.0127. The second kappa shape index (κ2) is 12.7. The zero-order chi connectivity index (χ0) is 16.1. The molecule has 0 aromatic carbocycles. The van der Waals surface area contributed by atoms with Gasteiger partial charge in [0.2, 0.25) is 0 Å². The quantitative estimate of drug-likeness (QED) is 0.399. The molecule has 0 aliphatic rings. The average molecular weight is 300 g/mol. The smallest absolute Gasteiger partial charge is 0.306 e. The molecule has 0 rings (SSSR count). The van der Waals surface area contributed by atoms with E-state index in [1.807, 2.05) is 6.92 Å². The number of carbonyl (C=O) groups excluding carboxylic acids is 2. The molecule has 0 bridgehead atoms. The first-order valence-electron chi connectivity index (χ1n) is 8.30. The van der Waals surface area contributed by atoms with E-state index in [1.165, 1.54) is 0 Å². The van der Waals surface area contributed by atoms with Gasteiger partial charge in [-0.2, -0.15) is 0 Å². The second-order valence-corrected chi connectivity index (χ2v) is 6.05. The van der Waals surface area contributed by atoms with Crippen LogP contribution >= 0.6 is 0 Å². The lowest BCUT2D eigenvalue weighted by Gasteiger charge is -2.14. The Kier molecular flexibility index (Phi) is 12.0. The summed E-state index contributed by atoms with van der Waals surface area (Å²) in [6.45, 7) is 8.78. The molecule has 0 aromatic heterocycles. The van der Waals surface area contributed by atoms with Gasteiger partial charge in [0.25, 0.3) is 0 Å².